The van der Waals surface area contributed by atoms with Crippen LogP contribution in [-0.4, -0.2) is 40.8 Å². The molecule has 0 aliphatic carbocycles. The van der Waals surface area contributed by atoms with Gasteiger partial charge in [-0.2, -0.15) is 0 Å². The maximum atomic E-state index is 4.83. The van der Waals surface area contributed by atoms with E-state index in [0.717, 1.165) is 20.1 Å². The van der Waals surface area contributed by atoms with Crippen molar-refractivity contribution in [2.75, 3.05) is 40.8 Å². The molecule has 3 nitrogen and oxygen atoms in total. The third kappa shape index (κ3) is 18.9. The smallest absolute Gasteiger partial charge is 0.0577 e. The van der Waals surface area contributed by atoms with Crippen molar-refractivity contribution in [3.63, 3.8) is 0 Å². The highest BCUT2D eigenvalue weighted by Crippen LogP contribution is 2.18. The average molecular weight is 785 g/mol. The second kappa shape index (κ2) is 22.2. The SMILES string of the molecule is Brc1cc(I)cc(I)c1.C.C#CCNC.CNCC#Cc1cc(Br)cc(C#CCNC)c1. The summed E-state index contributed by atoms with van der Waals surface area (Å²) in [5.74, 6) is 14.7. The van der Waals surface area contributed by atoms with E-state index < -0.39 is 0 Å². The van der Waals surface area contributed by atoms with Crippen molar-refractivity contribution in [1.29, 1.82) is 0 Å². The van der Waals surface area contributed by atoms with Crippen LogP contribution in [-0.2, 0) is 0 Å². The lowest BCUT2D eigenvalue weighted by Gasteiger charge is -1.96. The number of hydrogen-bond donors (Lipinski definition) is 3. The summed E-state index contributed by atoms with van der Waals surface area (Å²) in [6, 6.07) is 12.3. The predicted octanol–water partition coefficient (Wildman–Crippen LogP) is 5.72. The molecule has 7 heteroatoms. The predicted molar refractivity (Wildman–Crippen MR) is 165 cm³/mol. The average Bonchev–Trinajstić information content (AvgIpc) is 2.69. The molecule has 0 spiro atoms. The quantitative estimate of drug-likeness (QED) is 0.276. The first-order valence-electron chi connectivity index (χ1n) is 9.13. The first-order chi connectivity index (χ1) is 14.9. The highest BCUT2D eigenvalue weighted by atomic mass is 127. The molecular formula is C25H29Br2I2N3. The summed E-state index contributed by atoms with van der Waals surface area (Å²) >= 11 is 11.5. The molecule has 32 heavy (non-hydrogen) atoms. The zero-order valence-electron chi connectivity index (χ0n) is 17.7. The van der Waals surface area contributed by atoms with Crippen molar-refractivity contribution in [1.82, 2.24) is 16.0 Å². The van der Waals surface area contributed by atoms with E-state index in [-0.39, 0.29) is 7.43 Å². The van der Waals surface area contributed by atoms with Crippen LogP contribution in [0.25, 0.3) is 0 Å². The normalized spacial score (nSPS) is 8.44. The van der Waals surface area contributed by atoms with Crippen LogP contribution >= 0.6 is 77.0 Å². The van der Waals surface area contributed by atoms with Crippen molar-refractivity contribution < 1.29 is 0 Å². The van der Waals surface area contributed by atoms with E-state index in [9.17, 15) is 0 Å². The minimum atomic E-state index is 0. The molecule has 0 fully saturated rings. The molecule has 0 radical (unpaired) electrons. The van der Waals surface area contributed by atoms with Gasteiger partial charge in [0.25, 0.3) is 0 Å². The van der Waals surface area contributed by atoms with Crippen LogP contribution in [0.5, 0.6) is 0 Å². The van der Waals surface area contributed by atoms with Crippen LogP contribution in [0.2, 0.25) is 0 Å². The zero-order chi connectivity index (χ0) is 23.5. The third-order valence-corrected chi connectivity index (χ3v) is 5.16. The van der Waals surface area contributed by atoms with Gasteiger partial charge in [0.05, 0.1) is 19.6 Å². The van der Waals surface area contributed by atoms with E-state index in [2.05, 4.69) is 141 Å². The van der Waals surface area contributed by atoms with Gasteiger partial charge >= 0.3 is 0 Å². The van der Waals surface area contributed by atoms with E-state index in [0.29, 0.717) is 19.6 Å². The summed E-state index contributed by atoms with van der Waals surface area (Å²) in [6.07, 6.45) is 4.83. The molecule has 0 amide bonds. The van der Waals surface area contributed by atoms with Gasteiger partial charge in [-0.25, -0.2) is 0 Å². The fourth-order valence-electron chi connectivity index (χ4n) is 1.83. The molecule has 0 saturated carbocycles. The molecule has 0 saturated heterocycles. The number of nitrogens with one attached hydrogen (secondary N) is 3. The summed E-state index contributed by atoms with van der Waals surface area (Å²) in [5, 5.41) is 8.76. The van der Waals surface area contributed by atoms with Gasteiger partial charge in [0.2, 0.25) is 0 Å². The summed E-state index contributed by atoms with van der Waals surface area (Å²) in [7, 11) is 5.58. The fourth-order valence-corrected chi connectivity index (χ4v) is 5.61. The lowest BCUT2D eigenvalue weighted by Crippen LogP contribution is -2.04. The van der Waals surface area contributed by atoms with Crippen molar-refractivity contribution >= 4 is 77.0 Å². The minimum Gasteiger partial charge on any atom is -0.309 e. The molecule has 3 N–H and O–H groups in total. The Morgan fingerprint density at radius 2 is 1.12 bits per heavy atom. The maximum Gasteiger partial charge on any atom is 0.0577 e. The van der Waals surface area contributed by atoms with Gasteiger partial charge in [-0.1, -0.05) is 68.9 Å². The standard InChI is InChI=1S/C14H15BrN2.C6H3BrI2.C4H7N.CH4/c1-16-7-3-5-12-9-13(6-4-8-17-2)11-14(15)10-12;7-4-1-5(8)3-6(9)2-4;1-3-4-5-2;/h9-11,16-17H,7-8H2,1-2H3;1-3H;1,5H,4H2,2H3;1H4. The van der Waals surface area contributed by atoms with Gasteiger partial charge in [0.1, 0.15) is 0 Å². The number of terminal acetylenes is 1. The van der Waals surface area contributed by atoms with Crippen LogP contribution < -0.4 is 16.0 Å². The molecular weight excluding hydrogens is 756 g/mol. The van der Waals surface area contributed by atoms with Crippen molar-refractivity contribution in [3.05, 3.63) is 63.6 Å². The van der Waals surface area contributed by atoms with Gasteiger partial charge in [-0.3, -0.25) is 0 Å². The molecule has 2 aromatic carbocycles. The Balaban J connectivity index is 0. The monoisotopic (exact) mass is 783 g/mol. The largest absolute Gasteiger partial charge is 0.309 e. The van der Waals surface area contributed by atoms with Crippen LogP contribution in [0.3, 0.4) is 0 Å². The van der Waals surface area contributed by atoms with Crippen LogP contribution in [0, 0.1) is 43.2 Å². The Bertz CT molecular complexity index is 872. The first kappa shape index (κ1) is 33.6. The Morgan fingerprint density at radius 3 is 1.44 bits per heavy atom. The van der Waals surface area contributed by atoms with Crippen LogP contribution in [0.1, 0.15) is 18.6 Å². The highest BCUT2D eigenvalue weighted by Gasteiger charge is 1.95. The Hall–Kier alpha value is -0.580. The van der Waals surface area contributed by atoms with Crippen LogP contribution in [0.15, 0.2) is 45.3 Å². The molecule has 0 atom stereocenters. The number of benzene rings is 2. The van der Waals surface area contributed by atoms with E-state index in [4.69, 9.17) is 6.42 Å². The fraction of sp³-hybridized carbons (Fsp3) is 0.280. The summed E-state index contributed by atoms with van der Waals surface area (Å²) in [4.78, 5) is 0. The van der Waals surface area contributed by atoms with Gasteiger partial charge < -0.3 is 16.0 Å². The van der Waals surface area contributed by atoms with E-state index >= 15 is 0 Å². The Kier molecular flexibility index (Phi) is 23.3. The van der Waals surface area contributed by atoms with Gasteiger partial charge in [-0.15, -0.1) is 6.42 Å². The van der Waals surface area contributed by atoms with Gasteiger partial charge in [0, 0.05) is 27.2 Å². The second-order valence-corrected chi connectivity index (χ2v) is 10.0. The number of hydrogen-bond acceptors (Lipinski definition) is 3. The summed E-state index contributed by atoms with van der Waals surface area (Å²) in [5.41, 5.74) is 1.95. The first-order valence-corrected chi connectivity index (χ1v) is 12.9. The topological polar surface area (TPSA) is 36.1 Å². The number of halogens is 4. The van der Waals surface area contributed by atoms with Crippen molar-refractivity contribution in [3.8, 4) is 36.0 Å². The van der Waals surface area contributed by atoms with Gasteiger partial charge in [-0.05, 0) is 103 Å². The molecule has 0 aliphatic heterocycles. The Morgan fingerprint density at radius 1 is 0.719 bits per heavy atom. The molecule has 2 aromatic rings. The van der Waals surface area contributed by atoms with Crippen molar-refractivity contribution in [2.24, 2.45) is 0 Å². The second-order valence-electron chi connectivity index (χ2n) is 5.71. The zero-order valence-corrected chi connectivity index (χ0v) is 25.2. The van der Waals surface area contributed by atoms with E-state index in [1.165, 1.54) is 7.14 Å². The Labute approximate surface area is 238 Å². The van der Waals surface area contributed by atoms with Crippen molar-refractivity contribution in [2.45, 2.75) is 7.43 Å². The summed E-state index contributed by atoms with van der Waals surface area (Å²) < 4.78 is 4.69. The van der Waals surface area contributed by atoms with Crippen LogP contribution in [0.4, 0.5) is 0 Å². The summed E-state index contributed by atoms with van der Waals surface area (Å²) in [6.45, 7) is 2.04. The third-order valence-electron chi connectivity index (χ3n) is 3.00. The molecule has 0 heterocycles. The molecule has 2 rings (SSSR count). The lowest BCUT2D eigenvalue weighted by atomic mass is 10.1. The molecule has 172 valence electrons. The molecule has 0 aliphatic rings. The van der Waals surface area contributed by atoms with E-state index in [1.54, 1.807) is 0 Å². The lowest BCUT2D eigenvalue weighted by molar-refractivity contribution is 0.938. The van der Waals surface area contributed by atoms with E-state index in [1.807, 2.05) is 39.3 Å². The van der Waals surface area contributed by atoms with Gasteiger partial charge in [0.15, 0.2) is 0 Å². The number of rotatable bonds is 3. The minimum absolute atomic E-state index is 0. The maximum absolute atomic E-state index is 4.83. The highest BCUT2D eigenvalue weighted by molar-refractivity contribution is 14.1. The molecule has 0 bridgehead atoms. The molecule has 0 aromatic heterocycles. The molecule has 0 unspecified atom stereocenters.